The zero-order valence-corrected chi connectivity index (χ0v) is 15.2. The molecule has 1 N–H and O–H groups in total. The molecule has 0 spiro atoms. The van der Waals surface area contributed by atoms with Gasteiger partial charge in [-0.1, -0.05) is 23.5 Å². The van der Waals surface area contributed by atoms with Crippen LogP contribution in [0.25, 0.3) is 0 Å². The molecule has 1 atom stereocenters. The maximum Gasteiger partial charge on any atom is 0.288 e. The molecule has 1 aliphatic carbocycles. The van der Waals surface area contributed by atoms with Crippen molar-refractivity contribution < 1.29 is 14.4 Å². The summed E-state index contributed by atoms with van der Waals surface area (Å²) in [6.07, 6.45) is 2.26. The second-order valence-corrected chi connectivity index (χ2v) is 8.02. The molecule has 3 amide bonds. The first-order chi connectivity index (χ1) is 11.5. The lowest BCUT2D eigenvalue weighted by molar-refractivity contribution is -0.125. The van der Waals surface area contributed by atoms with E-state index in [0.717, 1.165) is 35.6 Å². The number of thioether (sulfide) groups is 2. The van der Waals surface area contributed by atoms with Crippen LogP contribution in [0.1, 0.15) is 31.6 Å². The molecule has 2 fully saturated rings. The van der Waals surface area contributed by atoms with Gasteiger partial charge in [-0.25, -0.2) is 0 Å². The van der Waals surface area contributed by atoms with Gasteiger partial charge < -0.3 is 9.88 Å². The van der Waals surface area contributed by atoms with Crippen LogP contribution in [-0.2, 0) is 9.59 Å². The highest BCUT2D eigenvalue weighted by Crippen LogP contribution is 2.39. The number of nitrogens with zero attached hydrogens (tertiary/aromatic N) is 4. The Bertz CT molecular complexity index is 657. The highest BCUT2D eigenvalue weighted by molar-refractivity contribution is 8.14. The summed E-state index contributed by atoms with van der Waals surface area (Å²) in [6.45, 7) is 4.20. The summed E-state index contributed by atoms with van der Waals surface area (Å²) in [6, 6.07) is 0.461. The summed E-state index contributed by atoms with van der Waals surface area (Å²) in [5, 5.41) is 11.2. The second kappa shape index (κ2) is 7.14. The Morgan fingerprint density at radius 1 is 1.42 bits per heavy atom. The summed E-state index contributed by atoms with van der Waals surface area (Å²) in [7, 11) is 0. The Kier molecular flexibility index (Phi) is 5.14. The SMILES string of the molecule is Cc1nnc(S[C@H](C)C(=O)NCCN2C(=O)CSC2=O)n1C1CC1. The van der Waals surface area contributed by atoms with Gasteiger partial charge in [0.1, 0.15) is 5.82 Å². The third-order valence-electron chi connectivity index (χ3n) is 3.87. The molecule has 2 aliphatic rings. The molecule has 1 aliphatic heterocycles. The number of carbonyl (C=O) groups is 3. The second-order valence-electron chi connectivity index (χ2n) is 5.78. The molecular formula is C14H19N5O3S2. The van der Waals surface area contributed by atoms with Crippen molar-refractivity contribution >= 4 is 40.6 Å². The van der Waals surface area contributed by atoms with Crippen LogP contribution in [0.3, 0.4) is 0 Å². The molecule has 0 bridgehead atoms. The summed E-state index contributed by atoms with van der Waals surface area (Å²) in [5.74, 6) is 0.718. The van der Waals surface area contributed by atoms with Crippen molar-refractivity contribution in [3.05, 3.63) is 5.82 Å². The van der Waals surface area contributed by atoms with Gasteiger partial charge in [0.05, 0.1) is 11.0 Å². The van der Waals surface area contributed by atoms with E-state index >= 15 is 0 Å². The molecule has 1 saturated heterocycles. The first kappa shape index (κ1) is 17.3. The predicted molar refractivity (Wildman–Crippen MR) is 90.9 cm³/mol. The number of hydrogen-bond donors (Lipinski definition) is 1. The molecule has 0 radical (unpaired) electrons. The first-order valence-electron chi connectivity index (χ1n) is 7.80. The highest BCUT2D eigenvalue weighted by atomic mass is 32.2. The minimum Gasteiger partial charge on any atom is -0.353 e. The number of rotatable bonds is 7. The molecule has 1 aromatic rings. The minimum absolute atomic E-state index is 0.144. The van der Waals surface area contributed by atoms with Crippen molar-refractivity contribution in [1.82, 2.24) is 25.0 Å². The van der Waals surface area contributed by atoms with Crippen LogP contribution in [0.4, 0.5) is 4.79 Å². The lowest BCUT2D eigenvalue weighted by Crippen LogP contribution is -2.39. The fraction of sp³-hybridized carbons (Fsp3) is 0.643. The van der Waals surface area contributed by atoms with Crippen molar-refractivity contribution in [1.29, 1.82) is 0 Å². The number of amides is 3. The quantitative estimate of drug-likeness (QED) is 0.722. The molecule has 1 aromatic heterocycles. The normalized spacial score (nSPS) is 19.0. The average molecular weight is 369 g/mol. The molecule has 10 heteroatoms. The molecule has 1 saturated carbocycles. The summed E-state index contributed by atoms with van der Waals surface area (Å²) in [4.78, 5) is 36.4. The van der Waals surface area contributed by atoms with Crippen molar-refractivity contribution in [3.63, 3.8) is 0 Å². The van der Waals surface area contributed by atoms with E-state index in [2.05, 4.69) is 20.1 Å². The van der Waals surface area contributed by atoms with E-state index < -0.39 is 0 Å². The van der Waals surface area contributed by atoms with E-state index in [0.29, 0.717) is 6.04 Å². The van der Waals surface area contributed by atoms with Crippen LogP contribution >= 0.6 is 23.5 Å². The number of aryl methyl sites for hydroxylation is 1. The molecule has 8 nitrogen and oxygen atoms in total. The Labute approximate surface area is 148 Å². The van der Waals surface area contributed by atoms with Gasteiger partial charge in [0.2, 0.25) is 11.8 Å². The third kappa shape index (κ3) is 3.75. The monoisotopic (exact) mass is 369 g/mol. The van der Waals surface area contributed by atoms with E-state index in [1.165, 1.54) is 16.7 Å². The largest absolute Gasteiger partial charge is 0.353 e. The Hall–Kier alpha value is -1.55. The van der Waals surface area contributed by atoms with Gasteiger partial charge in [0, 0.05) is 19.1 Å². The molecule has 2 heterocycles. The number of imide groups is 1. The summed E-state index contributed by atoms with van der Waals surface area (Å²) in [5.41, 5.74) is 0. The van der Waals surface area contributed by atoms with Crippen molar-refractivity contribution in [2.24, 2.45) is 0 Å². The fourth-order valence-electron chi connectivity index (χ4n) is 2.43. The standard InChI is InChI=1S/C14H19N5O3S2/c1-8(24-13-17-16-9(2)19(13)10-3-4-10)12(21)15-5-6-18-11(20)7-23-14(18)22/h8,10H,3-7H2,1-2H3,(H,15,21)/t8-/m1/s1. The van der Waals surface area contributed by atoms with E-state index in [1.807, 2.05) is 13.8 Å². The average Bonchev–Trinajstić information content (AvgIpc) is 3.25. The van der Waals surface area contributed by atoms with Crippen LogP contribution in [-0.4, -0.2) is 60.8 Å². The van der Waals surface area contributed by atoms with Crippen LogP contribution in [0.2, 0.25) is 0 Å². The van der Waals surface area contributed by atoms with Crippen molar-refractivity contribution in [3.8, 4) is 0 Å². The topological polar surface area (TPSA) is 97.2 Å². The van der Waals surface area contributed by atoms with Crippen LogP contribution < -0.4 is 5.32 Å². The molecule has 0 aromatic carbocycles. The molecular weight excluding hydrogens is 350 g/mol. The third-order valence-corrected chi connectivity index (χ3v) is 5.79. The van der Waals surface area contributed by atoms with Crippen molar-refractivity contribution in [2.75, 3.05) is 18.8 Å². The minimum atomic E-state index is -0.328. The van der Waals surface area contributed by atoms with Crippen molar-refractivity contribution in [2.45, 2.75) is 43.1 Å². The maximum absolute atomic E-state index is 12.2. The van der Waals surface area contributed by atoms with E-state index in [4.69, 9.17) is 0 Å². The molecule has 130 valence electrons. The van der Waals surface area contributed by atoms with Crippen LogP contribution in [0, 0.1) is 6.92 Å². The smallest absolute Gasteiger partial charge is 0.288 e. The van der Waals surface area contributed by atoms with Gasteiger partial charge >= 0.3 is 0 Å². The van der Waals surface area contributed by atoms with Crippen LogP contribution in [0.15, 0.2) is 5.16 Å². The molecule has 3 rings (SSSR count). The van der Waals surface area contributed by atoms with Gasteiger partial charge in [0.15, 0.2) is 5.16 Å². The predicted octanol–water partition coefficient (Wildman–Crippen LogP) is 1.21. The Morgan fingerprint density at radius 2 is 2.17 bits per heavy atom. The first-order valence-corrected chi connectivity index (χ1v) is 9.67. The molecule has 0 unspecified atom stereocenters. The fourth-order valence-corrected chi connectivity index (χ4v) is 4.17. The Balaban J connectivity index is 1.48. The highest BCUT2D eigenvalue weighted by Gasteiger charge is 2.31. The lowest BCUT2D eigenvalue weighted by Gasteiger charge is -2.15. The van der Waals surface area contributed by atoms with Gasteiger partial charge in [-0.2, -0.15) is 0 Å². The number of aromatic nitrogens is 3. The van der Waals surface area contributed by atoms with E-state index in [-0.39, 0.29) is 41.1 Å². The van der Waals surface area contributed by atoms with Gasteiger partial charge in [-0.3, -0.25) is 19.3 Å². The number of carbonyl (C=O) groups excluding carboxylic acids is 3. The number of nitrogens with one attached hydrogen (secondary N) is 1. The Morgan fingerprint density at radius 3 is 2.79 bits per heavy atom. The van der Waals surface area contributed by atoms with Crippen LogP contribution in [0.5, 0.6) is 0 Å². The maximum atomic E-state index is 12.2. The summed E-state index contributed by atoms with van der Waals surface area (Å²) < 4.78 is 2.09. The van der Waals surface area contributed by atoms with E-state index in [1.54, 1.807) is 0 Å². The number of hydrogen-bond acceptors (Lipinski definition) is 7. The van der Waals surface area contributed by atoms with Gasteiger partial charge in [-0.15, -0.1) is 10.2 Å². The zero-order valence-electron chi connectivity index (χ0n) is 13.5. The van der Waals surface area contributed by atoms with Gasteiger partial charge in [-0.05, 0) is 26.7 Å². The zero-order chi connectivity index (χ0) is 17.3. The molecule has 24 heavy (non-hydrogen) atoms. The van der Waals surface area contributed by atoms with Gasteiger partial charge in [0.25, 0.3) is 5.24 Å². The lowest BCUT2D eigenvalue weighted by atomic mass is 10.4. The van der Waals surface area contributed by atoms with E-state index in [9.17, 15) is 14.4 Å². The summed E-state index contributed by atoms with van der Waals surface area (Å²) >= 11 is 2.37.